The molecular weight excluding hydrogens is 326 g/mol. The smallest absolute Gasteiger partial charge is 0.341 e. The van der Waals surface area contributed by atoms with Crippen LogP contribution in [0.2, 0.25) is 0 Å². The molecule has 1 aromatic heterocycles. The fourth-order valence-corrected chi connectivity index (χ4v) is 3.30. The summed E-state index contributed by atoms with van der Waals surface area (Å²) >= 11 is 1.33. The third kappa shape index (κ3) is 4.14. The summed E-state index contributed by atoms with van der Waals surface area (Å²) in [5.74, 6) is 0.261. The largest absolute Gasteiger partial charge is 0.497 e. The topological polar surface area (TPSA) is 64.6 Å². The Morgan fingerprint density at radius 2 is 2.00 bits per heavy atom. The fraction of sp³-hybridized carbons (Fsp3) is 0.333. The normalized spacial score (nSPS) is 10.5. The summed E-state index contributed by atoms with van der Waals surface area (Å²) in [5, 5.41) is 5.21. The highest BCUT2D eigenvalue weighted by Gasteiger charge is 2.22. The van der Waals surface area contributed by atoms with Crippen LogP contribution < -0.4 is 10.1 Å². The van der Waals surface area contributed by atoms with E-state index in [0.29, 0.717) is 27.8 Å². The van der Waals surface area contributed by atoms with Gasteiger partial charge in [-0.25, -0.2) is 4.79 Å². The first kappa shape index (κ1) is 18.0. The number of nitrogens with one attached hydrogen (secondary N) is 1. The monoisotopic (exact) mass is 347 g/mol. The van der Waals surface area contributed by atoms with Gasteiger partial charge in [-0.05, 0) is 41.5 Å². The van der Waals surface area contributed by atoms with Crippen molar-refractivity contribution in [2.75, 3.05) is 19.5 Å². The Balaban J connectivity index is 2.29. The Morgan fingerprint density at radius 3 is 2.62 bits per heavy atom. The average molecular weight is 347 g/mol. The molecule has 0 saturated heterocycles. The number of hydrogen-bond donors (Lipinski definition) is 1. The van der Waals surface area contributed by atoms with Gasteiger partial charge in [0.2, 0.25) is 0 Å². The highest BCUT2D eigenvalue weighted by atomic mass is 32.1. The van der Waals surface area contributed by atoms with Gasteiger partial charge in [-0.1, -0.05) is 19.9 Å². The van der Waals surface area contributed by atoms with Gasteiger partial charge in [0.05, 0.1) is 19.8 Å². The van der Waals surface area contributed by atoms with Crippen LogP contribution in [0.1, 0.15) is 40.1 Å². The predicted molar refractivity (Wildman–Crippen MR) is 95.1 cm³/mol. The number of carbonyl (C=O) groups excluding carboxylic acids is 2. The van der Waals surface area contributed by atoms with Gasteiger partial charge >= 0.3 is 5.97 Å². The van der Waals surface area contributed by atoms with E-state index in [9.17, 15) is 9.59 Å². The summed E-state index contributed by atoms with van der Waals surface area (Å²) in [5.41, 5.74) is 1.79. The Kier molecular flexibility index (Phi) is 5.98. The van der Waals surface area contributed by atoms with E-state index in [-0.39, 0.29) is 5.91 Å². The molecule has 0 saturated carbocycles. The van der Waals surface area contributed by atoms with E-state index in [1.54, 1.807) is 31.4 Å². The molecule has 2 rings (SSSR count). The highest BCUT2D eigenvalue weighted by molar-refractivity contribution is 7.15. The Hall–Kier alpha value is -2.34. The van der Waals surface area contributed by atoms with Gasteiger partial charge in [0.15, 0.2) is 0 Å². The van der Waals surface area contributed by atoms with Gasteiger partial charge in [-0.2, -0.15) is 0 Å². The molecule has 128 valence electrons. The lowest BCUT2D eigenvalue weighted by molar-refractivity contribution is 0.0601. The third-order valence-corrected chi connectivity index (χ3v) is 4.39. The van der Waals surface area contributed by atoms with Crippen molar-refractivity contribution >= 4 is 28.2 Å². The maximum Gasteiger partial charge on any atom is 0.341 e. The molecule has 0 unspecified atom stereocenters. The SMILES string of the molecule is COC(=O)c1c(CC(C)C)csc1NC(=O)c1cccc(OC)c1. The molecule has 0 atom stereocenters. The van der Waals surface area contributed by atoms with Crippen LogP contribution in [0.4, 0.5) is 5.00 Å². The van der Waals surface area contributed by atoms with E-state index < -0.39 is 5.97 Å². The molecule has 0 aliphatic rings. The van der Waals surface area contributed by atoms with Crippen molar-refractivity contribution in [1.82, 2.24) is 0 Å². The molecule has 1 amide bonds. The van der Waals surface area contributed by atoms with Crippen molar-refractivity contribution in [3.05, 3.63) is 46.3 Å². The van der Waals surface area contributed by atoms with E-state index in [4.69, 9.17) is 9.47 Å². The lowest BCUT2D eigenvalue weighted by Crippen LogP contribution is -2.15. The van der Waals surface area contributed by atoms with Crippen LogP contribution in [0.5, 0.6) is 5.75 Å². The number of methoxy groups -OCH3 is 2. The molecule has 1 heterocycles. The maximum atomic E-state index is 12.5. The number of ether oxygens (including phenoxy) is 2. The number of amides is 1. The van der Waals surface area contributed by atoms with Crippen LogP contribution in [0.25, 0.3) is 0 Å². The van der Waals surface area contributed by atoms with Crippen LogP contribution in [-0.4, -0.2) is 26.1 Å². The fourth-order valence-electron chi connectivity index (χ4n) is 2.34. The molecular formula is C18H21NO4S. The van der Waals surface area contributed by atoms with Gasteiger partial charge in [0.1, 0.15) is 10.8 Å². The molecule has 5 nitrogen and oxygen atoms in total. The Labute approximate surface area is 145 Å². The highest BCUT2D eigenvalue weighted by Crippen LogP contribution is 2.31. The number of hydrogen-bond acceptors (Lipinski definition) is 5. The quantitative estimate of drug-likeness (QED) is 0.802. The van der Waals surface area contributed by atoms with Crippen molar-refractivity contribution in [1.29, 1.82) is 0 Å². The molecule has 24 heavy (non-hydrogen) atoms. The average Bonchev–Trinajstić information content (AvgIpc) is 2.95. The summed E-state index contributed by atoms with van der Waals surface area (Å²) in [4.78, 5) is 24.6. The second kappa shape index (κ2) is 7.97. The lowest BCUT2D eigenvalue weighted by Gasteiger charge is -2.09. The van der Waals surface area contributed by atoms with Gasteiger partial charge in [0, 0.05) is 5.56 Å². The van der Waals surface area contributed by atoms with Crippen LogP contribution in [0, 0.1) is 5.92 Å². The van der Waals surface area contributed by atoms with Gasteiger partial charge in [-0.3, -0.25) is 4.79 Å². The lowest BCUT2D eigenvalue weighted by atomic mass is 10.0. The number of anilines is 1. The zero-order valence-corrected chi connectivity index (χ0v) is 15.0. The molecule has 6 heteroatoms. The zero-order valence-electron chi connectivity index (χ0n) is 14.2. The molecule has 0 aliphatic carbocycles. The molecule has 1 aromatic carbocycles. The summed E-state index contributed by atoms with van der Waals surface area (Å²) in [6, 6.07) is 6.85. The molecule has 0 aliphatic heterocycles. The van der Waals surface area contributed by atoms with Crippen molar-refractivity contribution < 1.29 is 19.1 Å². The summed E-state index contributed by atoms with van der Waals surface area (Å²) in [6.45, 7) is 4.15. The minimum atomic E-state index is -0.437. The van der Waals surface area contributed by atoms with Crippen molar-refractivity contribution in [2.45, 2.75) is 20.3 Å². The molecule has 0 spiro atoms. The number of carbonyl (C=O) groups is 2. The number of benzene rings is 1. The Bertz CT molecular complexity index is 736. The minimum absolute atomic E-state index is 0.294. The van der Waals surface area contributed by atoms with Crippen molar-refractivity contribution in [2.24, 2.45) is 5.92 Å². The van der Waals surface area contributed by atoms with E-state index in [1.165, 1.54) is 18.4 Å². The third-order valence-electron chi connectivity index (χ3n) is 3.44. The maximum absolute atomic E-state index is 12.5. The summed E-state index contributed by atoms with van der Waals surface area (Å²) in [7, 11) is 2.89. The van der Waals surface area contributed by atoms with E-state index in [1.807, 2.05) is 5.38 Å². The van der Waals surface area contributed by atoms with Gasteiger partial charge in [0.25, 0.3) is 5.91 Å². The second-order valence-corrected chi connectivity index (χ2v) is 6.62. The molecule has 0 radical (unpaired) electrons. The van der Waals surface area contributed by atoms with Gasteiger partial charge in [-0.15, -0.1) is 11.3 Å². The molecule has 2 aromatic rings. The van der Waals surface area contributed by atoms with Crippen LogP contribution >= 0.6 is 11.3 Å². The number of rotatable bonds is 6. The first-order valence-electron chi connectivity index (χ1n) is 7.60. The van der Waals surface area contributed by atoms with Gasteiger partial charge < -0.3 is 14.8 Å². The molecule has 0 bridgehead atoms. The van der Waals surface area contributed by atoms with Crippen LogP contribution in [-0.2, 0) is 11.2 Å². The predicted octanol–water partition coefficient (Wildman–Crippen LogP) is 3.99. The molecule has 0 fully saturated rings. The number of thiophene rings is 1. The minimum Gasteiger partial charge on any atom is -0.497 e. The molecule has 1 N–H and O–H groups in total. The zero-order chi connectivity index (χ0) is 17.7. The van der Waals surface area contributed by atoms with E-state index in [0.717, 1.165) is 12.0 Å². The van der Waals surface area contributed by atoms with Crippen molar-refractivity contribution in [3.63, 3.8) is 0 Å². The first-order chi connectivity index (χ1) is 11.5. The van der Waals surface area contributed by atoms with Crippen LogP contribution in [0.15, 0.2) is 29.6 Å². The van der Waals surface area contributed by atoms with Crippen LogP contribution in [0.3, 0.4) is 0 Å². The first-order valence-corrected chi connectivity index (χ1v) is 8.48. The Morgan fingerprint density at radius 1 is 1.25 bits per heavy atom. The number of esters is 1. The summed E-state index contributed by atoms with van der Waals surface area (Å²) in [6.07, 6.45) is 0.746. The standard InChI is InChI=1S/C18H21NO4S/c1-11(2)8-13-10-24-17(15(13)18(21)23-4)19-16(20)12-6-5-7-14(9-12)22-3/h5-7,9-11H,8H2,1-4H3,(H,19,20). The van der Waals surface area contributed by atoms with E-state index in [2.05, 4.69) is 19.2 Å². The van der Waals surface area contributed by atoms with E-state index >= 15 is 0 Å². The van der Waals surface area contributed by atoms with Crippen molar-refractivity contribution in [3.8, 4) is 5.75 Å². The second-order valence-electron chi connectivity index (χ2n) is 5.74. The summed E-state index contributed by atoms with van der Waals surface area (Å²) < 4.78 is 10.0.